The molecule has 184 valence electrons. The number of anilines is 1. The first-order chi connectivity index (χ1) is 17.3. The van der Waals surface area contributed by atoms with Crippen molar-refractivity contribution in [2.75, 3.05) is 11.9 Å². The van der Waals surface area contributed by atoms with Gasteiger partial charge >= 0.3 is 0 Å². The van der Waals surface area contributed by atoms with E-state index in [0.29, 0.717) is 33.7 Å². The molecule has 0 aliphatic rings. The van der Waals surface area contributed by atoms with Gasteiger partial charge in [-0.2, -0.15) is 9.78 Å². The highest BCUT2D eigenvalue weighted by Crippen LogP contribution is 2.21. The minimum atomic E-state index is -0.439. The van der Waals surface area contributed by atoms with Crippen molar-refractivity contribution in [3.63, 3.8) is 0 Å². The van der Waals surface area contributed by atoms with Gasteiger partial charge < -0.3 is 10.1 Å². The Labute approximate surface area is 215 Å². The molecule has 0 radical (unpaired) electrons. The summed E-state index contributed by atoms with van der Waals surface area (Å²) in [6, 6.07) is 18.0. The van der Waals surface area contributed by atoms with Crippen molar-refractivity contribution in [1.29, 1.82) is 0 Å². The minimum absolute atomic E-state index is 0.0224. The summed E-state index contributed by atoms with van der Waals surface area (Å²) in [6.45, 7) is 3.78. The topological polar surface area (TPSA) is 85.6 Å². The lowest BCUT2D eigenvalue weighted by Crippen LogP contribution is -2.23. The molecule has 1 amide bonds. The Morgan fingerprint density at radius 3 is 2.78 bits per heavy atom. The summed E-state index contributed by atoms with van der Waals surface area (Å²) in [5.74, 6) is 0.191. The molecule has 1 aromatic heterocycles. The number of aromatic nitrogens is 2. The first-order valence-corrected chi connectivity index (χ1v) is 12.2. The molecule has 0 fully saturated rings. The van der Waals surface area contributed by atoms with E-state index in [1.165, 1.54) is 22.9 Å². The van der Waals surface area contributed by atoms with Crippen molar-refractivity contribution in [3.8, 4) is 5.75 Å². The van der Waals surface area contributed by atoms with E-state index in [9.17, 15) is 14.0 Å². The quantitative estimate of drug-likeness (QED) is 0.284. The number of carbonyl (C=O) groups excluding carboxylic acids is 1. The Morgan fingerprint density at radius 2 is 2.00 bits per heavy atom. The maximum Gasteiger partial charge on any atom is 0.282 e. The van der Waals surface area contributed by atoms with Gasteiger partial charge in [-0.1, -0.05) is 48.0 Å². The van der Waals surface area contributed by atoms with Gasteiger partial charge in [-0.25, -0.2) is 9.37 Å². The van der Waals surface area contributed by atoms with E-state index in [4.69, 9.17) is 9.72 Å². The van der Waals surface area contributed by atoms with Gasteiger partial charge in [0.1, 0.15) is 17.4 Å². The van der Waals surface area contributed by atoms with Gasteiger partial charge in [-0.15, -0.1) is 0 Å². The summed E-state index contributed by atoms with van der Waals surface area (Å²) >= 11 is 3.41. The van der Waals surface area contributed by atoms with Crippen molar-refractivity contribution >= 4 is 44.6 Å². The second-order valence-corrected chi connectivity index (χ2v) is 9.14. The highest BCUT2D eigenvalue weighted by Gasteiger charge is 2.15. The molecule has 0 spiro atoms. The van der Waals surface area contributed by atoms with Crippen LogP contribution in [0.2, 0.25) is 0 Å². The van der Waals surface area contributed by atoms with Gasteiger partial charge in [-0.3, -0.25) is 9.59 Å². The summed E-state index contributed by atoms with van der Waals surface area (Å²) in [6.07, 6.45) is 2.35. The van der Waals surface area contributed by atoms with Gasteiger partial charge in [0.2, 0.25) is 0 Å². The first-order valence-electron chi connectivity index (χ1n) is 11.4. The zero-order chi connectivity index (χ0) is 25.7. The Morgan fingerprint density at radius 1 is 1.19 bits per heavy atom. The van der Waals surface area contributed by atoms with E-state index in [1.807, 2.05) is 32.0 Å². The molecule has 0 bridgehead atoms. The number of amides is 1. The van der Waals surface area contributed by atoms with Gasteiger partial charge in [-0.05, 0) is 60.5 Å². The van der Waals surface area contributed by atoms with Crippen LogP contribution in [0.25, 0.3) is 10.9 Å². The molecule has 1 heterocycles. The van der Waals surface area contributed by atoms with Crippen molar-refractivity contribution < 1.29 is 13.9 Å². The number of rotatable bonds is 8. The van der Waals surface area contributed by atoms with Crippen molar-refractivity contribution in [2.24, 2.45) is 5.10 Å². The van der Waals surface area contributed by atoms with Crippen molar-refractivity contribution in [1.82, 2.24) is 9.66 Å². The molecule has 4 aromatic rings. The van der Waals surface area contributed by atoms with E-state index < -0.39 is 11.7 Å². The maximum absolute atomic E-state index is 13.3. The monoisotopic (exact) mass is 550 g/mol. The van der Waals surface area contributed by atoms with Gasteiger partial charge in [0.25, 0.3) is 11.5 Å². The standard InChI is InChI=1S/C27H24BrFN4O3/c1-3-17(2)26-32-24-11-10-19(28)13-23(24)27(35)33(26)30-15-18-6-4-9-22(12-18)36-16-25(34)31-21-8-5-7-20(29)14-21/h4-15,17H,3,16H2,1-2H3,(H,31,34)/t17-/m1/s1. The van der Waals surface area contributed by atoms with Crippen molar-refractivity contribution in [2.45, 2.75) is 26.2 Å². The Hall–Kier alpha value is -3.85. The normalized spacial score (nSPS) is 12.1. The Balaban J connectivity index is 1.54. The third kappa shape index (κ3) is 6.04. The summed E-state index contributed by atoms with van der Waals surface area (Å²) in [4.78, 5) is 30.1. The van der Waals surface area contributed by atoms with Crippen LogP contribution in [-0.2, 0) is 4.79 Å². The van der Waals surface area contributed by atoms with Crippen LogP contribution in [0.1, 0.15) is 37.6 Å². The fourth-order valence-corrected chi connectivity index (χ4v) is 3.86. The largest absolute Gasteiger partial charge is 0.484 e. The van der Waals surface area contributed by atoms with E-state index in [1.54, 1.807) is 36.5 Å². The lowest BCUT2D eigenvalue weighted by Gasteiger charge is -2.14. The molecule has 4 rings (SSSR count). The first kappa shape index (κ1) is 25.2. The molecule has 0 aliphatic carbocycles. The van der Waals surface area contributed by atoms with Crippen LogP contribution < -0.4 is 15.6 Å². The molecule has 0 aliphatic heterocycles. The number of nitrogens with one attached hydrogen (secondary N) is 1. The number of benzene rings is 3. The fourth-order valence-electron chi connectivity index (χ4n) is 3.50. The van der Waals surface area contributed by atoms with Crippen LogP contribution in [0, 0.1) is 5.82 Å². The number of hydrogen-bond acceptors (Lipinski definition) is 5. The third-order valence-corrected chi connectivity index (χ3v) is 6.04. The minimum Gasteiger partial charge on any atom is -0.484 e. The Bertz CT molecular complexity index is 1500. The molecule has 0 saturated carbocycles. The van der Waals surface area contributed by atoms with E-state index in [0.717, 1.165) is 10.9 Å². The summed E-state index contributed by atoms with van der Waals surface area (Å²) in [5, 5.41) is 7.51. The molecule has 1 N–H and O–H groups in total. The van der Waals surface area contributed by atoms with Gasteiger partial charge in [0.15, 0.2) is 6.61 Å². The zero-order valence-electron chi connectivity index (χ0n) is 19.7. The third-order valence-electron chi connectivity index (χ3n) is 5.55. The molecular weight excluding hydrogens is 527 g/mol. The van der Waals surface area contributed by atoms with Gasteiger partial charge in [0, 0.05) is 16.1 Å². The highest BCUT2D eigenvalue weighted by atomic mass is 79.9. The predicted molar refractivity (Wildman–Crippen MR) is 142 cm³/mol. The van der Waals surface area contributed by atoms with Gasteiger partial charge in [0.05, 0.1) is 17.1 Å². The summed E-state index contributed by atoms with van der Waals surface area (Å²) < 4.78 is 21.0. The number of carbonyl (C=O) groups is 1. The molecule has 1 atom stereocenters. The maximum atomic E-state index is 13.3. The van der Waals surface area contributed by atoms with E-state index >= 15 is 0 Å². The smallest absolute Gasteiger partial charge is 0.282 e. The number of fused-ring (bicyclic) bond motifs is 1. The fraction of sp³-hybridized carbons (Fsp3) is 0.185. The lowest BCUT2D eigenvalue weighted by atomic mass is 10.1. The molecule has 3 aromatic carbocycles. The lowest BCUT2D eigenvalue weighted by molar-refractivity contribution is -0.118. The number of halogens is 2. The highest BCUT2D eigenvalue weighted by molar-refractivity contribution is 9.10. The summed E-state index contributed by atoms with van der Waals surface area (Å²) in [7, 11) is 0. The number of hydrogen-bond donors (Lipinski definition) is 1. The van der Waals surface area contributed by atoms with Crippen LogP contribution in [0.4, 0.5) is 10.1 Å². The van der Waals surface area contributed by atoms with E-state index in [-0.39, 0.29) is 18.1 Å². The van der Waals surface area contributed by atoms with Crippen LogP contribution in [0.3, 0.4) is 0 Å². The van der Waals surface area contributed by atoms with Crippen LogP contribution in [-0.4, -0.2) is 28.4 Å². The molecule has 7 nitrogen and oxygen atoms in total. The van der Waals surface area contributed by atoms with Crippen LogP contribution in [0.15, 0.2) is 81.1 Å². The van der Waals surface area contributed by atoms with Crippen LogP contribution >= 0.6 is 15.9 Å². The number of ether oxygens (including phenoxy) is 1. The predicted octanol–water partition coefficient (Wildman–Crippen LogP) is 5.71. The zero-order valence-corrected chi connectivity index (χ0v) is 21.3. The Kier molecular flexibility index (Phi) is 7.90. The van der Waals surface area contributed by atoms with Crippen LogP contribution in [0.5, 0.6) is 5.75 Å². The molecular formula is C27H24BrFN4O3. The summed E-state index contributed by atoms with van der Waals surface area (Å²) in [5.41, 5.74) is 1.39. The van der Waals surface area contributed by atoms with Crippen molar-refractivity contribution in [3.05, 3.63) is 98.8 Å². The molecule has 9 heteroatoms. The second kappa shape index (κ2) is 11.3. The average Bonchev–Trinajstić information content (AvgIpc) is 2.87. The second-order valence-electron chi connectivity index (χ2n) is 8.22. The molecule has 36 heavy (non-hydrogen) atoms. The molecule has 0 saturated heterocycles. The molecule has 0 unspecified atom stereocenters. The average molecular weight is 551 g/mol. The SMILES string of the molecule is CC[C@@H](C)c1nc2ccc(Br)cc2c(=O)n1N=Cc1cccc(OCC(=O)Nc2cccc(F)c2)c1. The van der Waals surface area contributed by atoms with E-state index in [2.05, 4.69) is 26.3 Å². The number of nitrogens with zero attached hydrogens (tertiary/aromatic N) is 3.